The molecular weight excluding hydrogens is 358 g/mol. The highest BCUT2D eigenvalue weighted by molar-refractivity contribution is 7.18. The Labute approximate surface area is 162 Å². The van der Waals surface area contributed by atoms with Gasteiger partial charge in [-0.25, -0.2) is 4.98 Å². The molecule has 4 rings (SSSR count). The first-order chi connectivity index (χ1) is 13.2. The molecule has 0 radical (unpaired) electrons. The first kappa shape index (κ1) is 17.7. The molecule has 2 aromatic carbocycles. The van der Waals surface area contributed by atoms with Crippen molar-refractivity contribution in [3.63, 3.8) is 0 Å². The smallest absolute Gasteiger partial charge is 0.253 e. The number of aromatic nitrogens is 1. The van der Waals surface area contributed by atoms with Gasteiger partial charge in [0.15, 0.2) is 0 Å². The molecule has 5 nitrogen and oxygen atoms in total. The average Bonchev–Trinajstić information content (AvgIpc) is 3.36. The zero-order valence-corrected chi connectivity index (χ0v) is 15.8. The lowest BCUT2D eigenvalue weighted by atomic mass is 10.2. The van der Waals surface area contributed by atoms with Crippen LogP contribution in [0, 0.1) is 0 Å². The van der Waals surface area contributed by atoms with Crippen LogP contribution in [0.4, 0.5) is 5.69 Å². The summed E-state index contributed by atoms with van der Waals surface area (Å²) < 4.78 is 1.14. The molecule has 1 aliphatic rings. The zero-order chi connectivity index (χ0) is 18.6. The fraction of sp³-hybridized carbons (Fsp3) is 0.286. The molecule has 0 spiro atoms. The lowest BCUT2D eigenvalue weighted by molar-refractivity contribution is -0.116. The first-order valence-electron chi connectivity index (χ1n) is 9.23. The van der Waals surface area contributed by atoms with Crippen LogP contribution in [-0.4, -0.2) is 34.8 Å². The Morgan fingerprint density at radius 2 is 1.78 bits per heavy atom. The number of carbonyl (C=O) groups excluding carboxylic acids is 2. The molecule has 6 heteroatoms. The van der Waals surface area contributed by atoms with Gasteiger partial charge in [-0.3, -0.25) is 9.59 Å². The van der Waals surface area contributed by atoms with Crippen LogP contribution >= 0.6 is 11.3 Å². The van der Waals surface area contributed by atoms with Crippen LogP contribution in [0.1, 0.15) is 34.6 Å². The van der Waals surface area contributed by atoms with E-state index in [0.717, 1.165) is 41.2 Å². The minimum atomic E-state index is -0.0483. The molecule has 138 valence electrons. The number of nitrogens with one attached hydrogen (secondary N) is 1. The summed E-state index contributed by atoms with van der Waals surface area (Å²) >= 11 is 1.63. The SMILES string of the molecule is O=C(CCc1nc2ccccc2s1)Nc1ccc(C(=O)N2CCCC2)cc1. The fourth-order valence-corrected chi connectivity index (χ4v) is 4.24. The third kappa shape index (κ3) is 4.17. The number of hydrogen-bond acceptors (Lipinski definition) is 4. The highest BCUT2D eigenvalue weighted by Gasteiger charge is 2.19. The number of aryl methyl sites for hydroxylation is 1. The van der Waals surface area contributed by atoms with E-state index in [2.05, 4.69) is 10.3 Å². The predicted octanol–water partition coefficient (Wildman–Crippen LogP) is 4.10. The summed E-state index contributed by atoms with van der Waals surface area (Å²) in [5, 5.41) is 3.86. The van der Waals surface area contributed by atoms with E-state index in [-0.39, 0.29) is 11.8 Å². The second-order valence-corrected chi connectivity index (χ2v) is 7.82. The number of benzene rings is 2. The van der Waals surface area contributed by atoms with Crippen molar-refractivity contribution in [3.05, 3.63) is 59.1 Å². The highest BCUT2D eigenvalue weighted by Crippen LogP contribution is 2.22. The minimum absolute atomic E-state index is 0.0483. The number of anilines is 1. The van der Waals surface area contributed by atoms with Crippen molar-refractivity contribution in [1.29, 1.82) is 0 Å². The zero-order valence-electron chi connectivity index (χ0n) is 15.0. The predicted molar refractivity (Wildman–Crippen MR) is 108 cm³/mol. The van der Waals surface area contributed by atoms with E-state index in [1.807, 2.05) is 29.2 Å². The molecule has 0 saturated carbocycles. The lowest BCUT2D eigenvalue weighted by Gasteiger charge is -2.15. The van der Waals surface area contributed by atoms with E-state index in [1.165, 1.54) is 0 Å². The summed E-state index contributed by atoms with van der Waals surface area (Å²) in [5.41, 5.74) is 2.36. The number of thiazole rings is 1. The van der Waals surface area contributed by atoms with Gasteiger partial charge >= 0.3 is 0 Å². The Bertz CT molecular complexity index is 926. The van der Waals surface area contributed by atoms with E-state index in [4.69, 9.17) is 0 Å². The number of nitrogens with zero attached hydrogens (tertiary/aromatic N) is 2. The molecule has 0 atom stereocenters. The van der Waals surface area contributed by atoms with Gasteiger partial charge < -0.3 is 10.2 Å². The van der Waals surface area contributed by atoms with E-state index < -0.39 is 0 Å². The largest absolute Gasteiger partial charge is 0.339 e. The maximum absolute atomic E-state index is 12.3. The molecule has 1 fully saturated rings. The monoisotopic (exact) mass is 379 g/mol. The fourth-order valence-electron chi connectivity index (χ4n) is 3.27. The summed E-state index contributed by atoms with van der Waals surface area (Å²) in [7, 11) is 0. The van der Waals surface area contributed by atoms with Crippen molar-refractivity contribution < 1.29 is 9.59 Å². The van der Waals surface area contributed by atoms with E-state index in [0.29, 0.717) is 24.1 Å². The van der Waals surface area contributed by atoms with Gasteiger partial charge in [0.1, 0.15) is 0 Å². The molecule has 1 aliphatic heterocycles. The quantitative estimate of drug-likeness (QED) is 0.726. The number of likely N-dealkylation sites (tertiary alicyclic amines) is 1. The Morgan fingerprint density at radius 3 is 2.52 bits per heavy atom. The Hall–Kier alpha value is -2.73. The number of fused-ring (bicyclic) bond motifs is 1. The third-order valence-electron chi connectivity index (χ3n) is 4.71. The molecule has 1 saturated heterocycles. The Morgan fingerprint density at radius 1 is 1.04 bits per heavy atom. The standard InChI is InChI=1S/C21H21N3O2S/c25-19(11-12-20-23-17-5-1-2-6-18(17)27-20)22-16-9-7-15(8-10-16)21(26)24-13-3-4-14-24/h1-2,5-10H,3-4,11-14H2,(H,22,25). The Kier molecular flexibility index (Phi) is 5.16. The van der Waals surface area contributed by atoms with Gasteiger partial charge in [0.05, 0.1) is 15.2 Å². The lowest BCUT2D eigenvalue weighted by Crippen LogP contribution is -2.27. The number of rotatable bonds is 5. The molecular formula is C21H21N3O2S. The van der Waals surface area contributed by atoms with Crippen LogP contribution in [0.25, 0.3) is 10.2 Å². The van der Waals surface area contributed by atoms with Crippen molar-refractivity contribution in [1.82, 2.24) is 9.88 Å². The molecule has 1 aromatic heterocycles. The van der Waals surface area contributed by atoms with Gasteiger partial charge in [0, 0.05) is 37.2 Å². The van der Waals surface area contributed by atoms with Gasteiger partial charge in [0.2, 0.25) is 5.91 Å². The summed E-state index contributed by atoms with van der Waals surface area (Å²) in [6, 6.07) is 15.1. The minimum Gasteiger partial charge on any atom is -0.339 e. The molecule has 0 bridgehead atoms. The van der Waals surface area contributed by atoms with Gasteiger partial charge in [-0.1, -0.05) is 12.1 Å². The first-order valence-corrected chi connectivity index (χ1v) is 10.0. The van der Waals surface area contributed by atoms with Gasteiger partial charge in [-0.2, -0.15) is 0 Å². The highest BCUT2D eigenvalue weighted by atomic mass is 32.1. The van der Waals surface area contributed by atoms with Crippen molar-refractivity contribution in [2.75, 3.05) is 18.4 Å². The van der Waals surface area contributed by atoms with E-state index >= 15 is 0 Å². The van der Waals surface area contributed by atoms with Crippen LogP contribution in [-0.2, 0) is 11.2 Å². The van der Waals surface area contributed by atoms with Crippen molar-refractivity contribution in [2.24, 2.45) is 0 Å². The number of amides is 2. The molecule has 2 heterocycles. The van der Waals surface area contributed by atoms with E-state index in [9.17, 15) is 9.59 Å². The molecule has 0 unspecified atom stereocenters. The normalized spacial score (nSPS) is 13.9. The molecule has 1 N–H and O–H groups in total. The summed E-state index contributed by atoms with van der Waals surface area (Å²) in [4.78, 5) is 31.0. The van der Waals surface area contributed by atoms with Crippen molar-refractivity contribution in [3.8, 4) is 0 Å². The summed E-state index contributed by atoms with van der Waals surface area (Å²) in [6.07, 6.45) is 3.16. The number of para-hydroxylation sites is 1. The van der Waals surface area contributed by atoms with Crippen molar-refractivity contribution >= 4 is 39.1 Å². The molecule has 27 heavy (non-hydrogen) atoms. The second-order valence-electron chi connectivity index (χ2n) is 6.70. The van der Waals surface area contributed by atoms with Crippen molar-refractivity contribution in [2.45, 2.75) is 25.7 Å². The second kappa shape index (κ2) is 7.88. The topological polar surface area (TPSA) is 62.3 Å². The third-order valence-corrected chi connectivity index (χ3v) is 5.81. The molecule has 0 aliphatic carbocycles. The summed E-state index contributed by atoms with van der Waals surface area (Å²) in [6.45, 7) is 1.67. The maximum atomic E-state index is 12.3. The van der Waals surface area contributed by atoms with Gasteiger partial charge in [-0.05, 0) is 49.2 Å². The molecule has 2 amide bonds. The van der Waals surface area contributed by atoms with Crippen LogP contribution in [0.3, 0.4) is 0 Å². The summed E-state index contributed by atoms with van der Waals surface area (Å²) in [5.74, 6) is 0.0223. The van der Waals surface area contributed by atoms with E-state index in [1.54, 1.807) is 35.6 Å². The van der Waals surface area contributed by atoms with Crippen LogP contribution in [0.2, 0.25) is 0 Å². The number of hydrogen-bond donors (Lipinski definition) is 1. The van der Waals surface area contributed by atoms with Crippen LogP contribution in [0.15, 0.2) is 48.5 Å². The average molecular weight is 379 g/mol. The number of carbonyl (C=O) groups is 2. The van der Waals surface area contributed by atoms with Gasteiger partial charge in [0.25, 0.3) is 5.91 Å². The van der Waals surface area contributed by atoms with Gasteiger partial charge in [-0.15, -0.1) is 11.3 Å². The van der Waals surface area contributed by atoms with Crippen LogP contribution < -0.4 is 5.32 Å². The molecule has 3 aromatic rings. The van der Waals surface area contributed by atoms with Crippen LogP contribution in [0.5, 0.6) is 0 Å². The maximum Gasteiger partial charge on any atom is 0.253 e. The Balaban J connectivity index is 1.31.